The van der Waals surface area contributed by atoms with E-state index in [1.807, 2.05) is 18.5 Å². The fourth-order valence-corrected chi connectivity index (χ4v) is 3.96. The van der Waals surface area contributed by atoms with E-state index in [-0.39, 0.29) is 0 Å². The van der Waals surface area contributed by atoms with Crippen LogP contribution in [0.2, 0.25) is 0 Å². The maximum Gasteiger partial charge on any atom is 0.0780 e. The molecule has 1 saturated heterocycles. The zero-order chi connectivity index (χ0) is 19.6. The third-order valence-electron chi connectivity index (χ3n) is 5.51. The Morgan fingerprint density at radius 3 is 2.45 bits per heavy atom. The summed E-state index contributed by atoms with van der Waals surface area (Å²) in [6.45, 7) is 5.45. The summed E-state index contributed by atoms with van der Waals surface area (Å²) in [6, 6.07) is 21.3. The van der Waals surface area contributed by atoms with E-state index in [9.17, 15) is 0 Å². The van der Waals surface area contributed by atoms with Crippen molar-refractivity contribution in [2.45, 2.75) is 6.92 Å². The Bertz CT molecular complexity index is 1150. The minimum Gasteiger partial charge on any atom is -0.378 e. The molecule has 0 amide bonds. The third-order valence-corrected chi connectivity index (χ3v) is 5.51. The van der Waals surface area contributed by atoms with Crippen LogP contribution in [0.25, 0.3) is 33.3 Å². The quantitative estimate of drug-likeness (QED) is 0.494. The van der Waals surface area contributed by atoms with Crippen molar-refractivity contribution in [2.75, 3.05) is 31.2 Å². The maximum atomic E-state index is 5.53. The van der Waals surface area contributed by atoms with Gasteiger partial charge in [-0.15, -0.1) is 0 Å². The van der Waals surface area contributed by atoms with Crippen LogP contribution in [0.15, 0.2) is 73.1 Å². The summed E-state index contributed by atoms with van der Waals surface area (Å²) < 4.78 is 5.53. The van der Waals surface area contributed by atoms with Gasteiger partial charge in [0.25, 0.3) is 0 Å². The Labute approximate surface area is 170 Å². The van der Waals surface area contributed by atoms with Gasteiger partial charge in [0.05, 0.1) is 24.4 Å². The van der Waals surface area contributed by atoms with Crippen molar-refractivity contribution >= 4 is 16.6 Å². The molecule has 0 N–H and O–H groups in total. The number of aryl methyl sites for hydroxylation is 1. The SMILES string of the molecule is Cc1ccc(-c2ncccc2-c2ccc3nccc(N4CCOCC4)c3c2)cc1. The molecule has 5 rings (SSSR count). The van der Waals surface area contributed by atoms with E-state index >= 15 is 0 Å². The highest BCUT2D eigenvalue weighted by molar-refractivity contribution is 5.96. The fourth-order valence-electron chi connectivity index (χ4n) is 3.96. The molecule has 0 atom stereocenters. The van der Waals surface area contributed by atoms with Gasteiger partial charge in [-0.25, -0.2) is 0 Å². The van der Waals surface area contributed by atoms with Crippen molar-refractivity contribution in [1.82, 2.24) is 9.97 Å². The van der Waals surface area contributed by atoms with Crippen LogP contribution in [0.5, 0.6) is 0 Å². The summed E-state index contributed by atoms with van der Waals surface area (Å²) >= 11 is 0. The van der Waals surface area contributed by atoms with Crippen LogP contribution in [0.1, 0.15) is 5.56 Å². The number of anilines is 1. The lowest BCUT2D eigenvalue weighted by Gasteiger charge is -2.29. The van der Waals surface area contributed by atoms with Gasteiger partial charge in [0.2, 0.25) is 0 Å². The summed E-state index contributed by atoms with van der Waals surface area (Å²) in [7, 11) is 0. The Morgan fingerprint density at radius 1 is 0.828 bits per heavy atom. The molecule has 0 spiro atoms. The molecule has 0 saturated carbocycles. The lowest BCUT2D eigenvalue weighted by atomic mass is 9.97. The summed E-state index contributed by atoms with van der Waals surface area (Å²) in [5, 5.41) is 1.17. The minimum atomic E-state index is 0.768. The third kappa shape index (κ3) is 3.47. The van der Waals surface area contributed by atoms with Gasteiger partial charge in [0.15, 0.2) is 0 Å². The van der Waals surface area contributed by atoms with Crippen LogP contribution < -0.4 is 4.90 Å². The molecule has 4 aromatic rings. The van der Waals surface area contributed by atoms with E-state index in [1.165, 1.54) is 16.6 Å². The zero-order valence-electron chi connectivity index (χ0n) is 16.5. The number of hydrogen-bond acceptors (Lipinski definition) is 4. The summed E-state index contributed by atoms with van der Waals surface area (Å²) in [4.78, 5) is 11.7. The molecular formula is C25H23N3O. The number of ether oxygens (including phenoxy) is 1. The van der Waals surface area contributed by atoms with Gasteiger partial charge in [-0.3, -0.25) is 9.97 Å². The lowest BCUT2D eigenvalue weighted by Crippen LogP contribution is -2.36. The van der Waals surface area contributed by atoms with Crippen molar-refractivity contribution in [3.8, 4) is 22.4 Å². The van der Waals surface area contributed by atoms with Gasteiger partial charge < -0.3 is 9.64 Å². The molecule has 2 aromatic heterocycles. The largest absolute Gasteiger partial charge is 0.378 e. The second-order valence-electron chi connectivity index (χ2n) is 7.43. The highest BCUT2D eigenvalue weighted by Gasteiger charge is 2.16. The highest BCUT2D eigenvalue weighted by atomic mass is 16.5. The number of pyridine rings is 2. The molecule has 1 aliphatic heterocycles. The van der Waals surface area contributed by atoms with Crippen LogP contribution in [0.4, 0.5) is 5.69 Å². The van der Waals surface area contributed by atoms with Gasteiger partial charge in [-0.1, -0.05) is 42.0 Å². The van der Waals surface area contributed by atoms with Gasteiger partial charge in [0, 0.05) is 47.7 Å². The fraction of sp³-hybridized carbons (Fsp3) is 0.200. The highest BCUT2D eigenvalue weighted by Crippen LogP contribution is 2.34. The topological polar surface area (TPSA) is 38.2 Å². The molecule has 2 aromatic carbocycles. The Morgan fingerprint density at radius 2 is 1.62 bits per heavy atom. The Hall–Kier alpha value is -3.24. The Kier molecular flexibility index (Phi) is 4.70. The average molecular weight is 381 g/mol. The van der Waals surface area contributed by atoms with E-state index in [0.717, 1.165) is 54.2 Å². The van der Waals surface area contributed by atoms with Gasteiger partial charge in [0.1, 0.15) is 0 Å². The molecule has 0 unspecified atom stereocenters. The predicted octanol–water partition coefficient (Wildman–Crippen LogP) is 5.11. The average Bonchev–Trinajstić information content (AvgIpc) is 2.79. The molecule has 29 heavy (non-hydrogen) atoms. The molecule has 0 aliphatic carbocycles. The first-order valence-electron chi connectivity index (χ1n) is 10.0. The molecule has 0 radical (unpaired) electrons. The molecule has 1 fully saturated rings. The minimum absolute atomic E-state index is 0.768. The maximum absolute atomic E-state index is 5.53. The van der Waals surface area contributed by atoms with Crippen LogP contribution in [-0.2, 0) is 4.74 Å². The smallest absolute Gasteiger partial charge is 0.0780 e. The normalized spacial score (nSPS) is 14.3. The molecule has 144 valence electrons. The van der Waals surface area contributed by atoms with Crippen molar-refractivity contribution in [1.29, 1.82) is 0 Å². The van der Waals surface area contributed by atoms with E-state index in [4.69, 9.17) is 9.72 Å². The Balaban J connectivity index is 1.64. The molecule has 1 aliphatic rings. The number of hydrogen-bond donors (Lipinski definition) is 0. The van der Waals surface area contributed by atoms with Gasteiger partial charge >= 0.3 is 0 Å². The second-order valence-corrected chi connectivity index (χ2v) is 7.43. The first-order chi connectivity index (χ1) is 14.3. The van der Waals surface area contributed by atoms with Crippen LogP contribution in [0, 0.1) is 6.92 Å². The van der Waals surface area contributed by atoms with Gasteiger partial charge in [-0.05, 0) is 36.8 Å². The summed E-state index contributed by atoms with van der Waals surface area (Å²) in [6.07, 6.45) is 3.76. The number of morpholine rings is 1. The second kappa shape index (κ2) is 7.64. The van der Waals surface area contributed by atoms with Gasteiger partial charge in [-0.2, -0.15) is 0 Å². The van der Waals surface area contributed by atoms with Crippen LogP contribution in [0.3, 0.4) is 0 Å². The molecule has 4 nitrogen and oxygen atoms in total. The van der Waals surface area contributed by atoms with E-state index < -0.39 is 0 Å². The molecular weight excluding hydrogens is 358 g/mol. The lowest BCUT2D eigenvalue weighted by molar-refractivity contribution is 0.123. The number of benzene rings is 2. The van der Waals surface area contributed by atoms with E-state index in [1.54, 1.807) is 0 Å². The molecule has 4 heteroatoms. The number of nitrogens with zero attached hydrogens (tertiary/aromatic N) is 3. The van der Waals surface area contributed by atoms with Crippen molar-refractivity contribution < 1.29 is 4.74 Å². The zero-order valence-corrected chi connectivity index (χ0v) is 16.5. The predicted molar refractivity (Wildman–Crippen MR) is 118 cm³/mol. The monoisotopic (exact) mass is 381 g/mol. The van der Waals surface area contributed by atoms with E-state index in [0.29, 0.717) is 0 Å². The summed E-state index contributed by atoms with van der Waals surface area (Å²) in [5.74, 6) is 0. The van der Waals surface area contributed by atoms with Crippen molar-refractivity contribution in [3.05, 3.63) is 78.6 Å². The molecule has 0 bridgehead atoms. The molecule has 3 heterocycles. The number of fused-ring (bicyclic) bond motifs is 1. The number of aromatic nitrogens is 2. The van der Waals surface area contributed by atoms with E-state index in [2.05, 4.69) is 71.4 Å². The standard InChI is InChI=1S/C25H23N3O/c1-18-4-6-19(7-5-18)25-21(3-2-11-27-25)20-8-9-23-22(17-20)24(10-12-26-23)28-13-15-29-16-14-28/h2-12,17H,13-16H2,1H3. The van der Waals surface area contributed by atoms with Crippen molar-refractivity contribution in [2.24, 2.45) is 0 Å². The first kappa shape index (κ1) is 17.8. The van der Waals surface area contributed by atoms with Crippen molar-refractivity contribution in [3.63, 3.8) is 0 Å². The van der Waals surface area contributed by atoms with Crippen LogP contribution >= 0.6 is 0 Å². The first-order valence-corrected chi connectivity index (χ1v) is 10.0. The van der Waals surface area contributed by atoms with Crippen LogP contribution in [-0.4, -0.2) is 36.3 Å². The number of rotatable bonds is 3. The summed E-state index contributed by atoms with van der Waals surface area (Å²) in [5.41, 5.74) is 7.91.